The number of ether oxygens (including phenoxy) is 2. The molecule has 4 rings (SSSR count). The van der Waals surface area contributed by atoms with Crippen molar-refractivity contribution in [2.45, 2.75) is 45.3 Å². The summed E-state index contributed by atoms with van der Waals surface area (Å²) in [6.45, 7) is 6.47. The Morgan fingerprint density at radius 1 is 1.11 bits per heavy atom. The van der Waals surface area contributed by atoms with Gasteiger partial charge in [-0.25, -0.2) is 14.6 Å². The number of nitrogens with one attached hydrogen (secondary N) is 2. The first kappa shape index (κ1) is 24.4. The first-order chi connectivity index (χ1) is 16.8. The van der Waals surface area contributed by atoms with Crippen LogP contribution in [-0.2, 0) is 4.74 Å². The lowest BCUT2D eigenvalue weighted by atomic mass is 10.2. The molecule has 1 fully saturated rings. The first-order valence-electron chi connectivity index (χ1n) is 11.3. The molecular weight excluding hydrogens is 468 g/mol. The Bertz CT molecular complexity index is 1160. The minimum absolute atomic E-state index is 0.0918. The molecule has 11 heteroatoms. The summed E-state index contributed by atoms with van der Waals surface area (Å²) in [6, 6.07) is 8.27. The quantitative estimate of drug-likeness (QED) is 0.492. The Balaban J connectivity index is 1.30. The molecular formula is C24H28N6O4S. The number of aromatic nitrogens is 3. The van der Waals surface area contributed by atoms with E-state index in [0.29, 0.717) is 30.7 Å². The zero-order chi connectivity index (χ0) is 24.8. The van der Waals surface area contributed by atoms with Gasteiger partial charge >= 0.3 is 12.1 Å². The average molecular weight is 497 g/mol. The Hall–Kier alpha value is -3.73. The van der Waals surface area contributed by atoms with E-state index in [1.807, 2.05) is 32.9 Å². The van der Waals surface area contributed by atoms with E-state index in [4.69, 9.17) is 9.47 Å². The summed E-state index contributed by atoms with van der Waals surface area (Å²) >= 11 is 1.42. The van der Waals surface area contributed by atoms with Crippen LogP contribution in [0.25, 0.3) is 10.6 Å². The van der Waals surface area contributed by atoms with Gasteiger partial charge in [-0.15, -0.1) is 11.3 Å². The van der Waals surface area contributed by atoms with E-state index < -0.39 is 11.6 Å². The standard InChI is InChI=1S/C24H28N6O4S/c1-24(2,3)34-23(32)30-13-5-6-17(30)14-33-20-8-4-7-18(26-20)28-22(31)29-19-15-35-21(27-19)16-9-11-25-12-10-16/h4,7-12,15,17H,5-6,13-14H2,1-3H3,(H2,26,28,29,31). The lowest BCUT2D eigenvalue weighted by molar-refractivity contribution is 0.0186. The zero-order valence-electron chi connectivity index (χ0n) is 19.9. The van der Waals surface area contributed by atoms with Crippen molar-refractivity contribution in [3.8, 4) is 16.5 Å². The molecule has 1 saturated heterocycles. The van der Waals surface area contributed by atoms with Crippen LogP contribution in [0.3, 0.4) is 0 Å². The van der Waals surface area contributed by atoms with Crippen LogP contribution in [0, 0.1) is 0 Å². The van der Waals surface area contributed by atoms with Crippen LogP contribution >= 0.6 is 11.3 Å². The van der Waals surface area contributed by atoms with E-state index in [1.165, 1.54) is 11.3 Å². The minimum Gasteiger partial charge on any atom is -0.475 e. The average Bonchev–Trinajstić information content (AvgIpc) is 3.47. The number of pyridine rings is 2. The highest BCUT2D eigenvalue weighted by molar-refractivity contribution is 7.13. The number of likely N-dealkylation sites (tertiary alicyclic amines) is 1. The van der Waals surface area contributed by atoms with E-state index >= 15 is 0 Å². The second-order valence-electron chi connectivity index (χ2n) is 8.99. The molecule has 0 bridgehead atoms. The van der Waals surface area contributed by atoms with Gasteiger partial charge in [0.1, 0.15) is 28.9 Å². The molecule has 3 amide bonds. The highest BCUT2D eigenvalue weighted by atomic mass is 32.1. The van der Waals surface area contributed by atoms with Gasteiger partial charge in [-0.3, -0.25) is 15.6 Å². The van der Waals surface area contributed by atoms with Crippen molar-refractivity contribution in [2.75, 3.05) is 23.8 Å². The summed E-state index contributed by atoms with van der Waals surface area (Å²) < 4.78 is 11.3. The summed E-state index contributed by atoms with van der Waals surface area (Å²) in [5.41, 5.74) is 0.379. The number of anilines is 2. The van der Waals surface area contributed by atoms with Gasteiger partial charge in [0.15, 0.2) is 0 Å². The van der Waals surface area contributed by atoms with Gasteiger partial charge in [0.05, 0.1) is 6.04 Å². The van der Waals surface area contributed by atoms with E-state index in [2.05, 4.69) is 25.6 Å². The Morgan fingerprint density at radius 2 is 1.89 bits per heavy atom. The van der Waals surface area contributed by atoms with E-state index in [0.717, 1.165) is 23.4 Å². The number of hydrogen-bond donors (Lipinski definition) is 2. The van der Waals surface area contributed by atoms with Crippen molar-refractivity contribution in [1.82, 2.24) is 19.9 Å². The summed E-state index contributed by atoms with van der Waals surface area (Å²) in [6.07, 6.45) is 4.77. The van der Waals surface area contributed by atoms with Crippen molar-refractivity contribution in [3.05, 3.63) is 48.1 Å². The van der Waals surface area contributed by atoms with Gasteiger partial charge in [0, 0.05) is 35.9 Å². The molecule has 0 saturated carbocycles. The first-order valence-corrected chi connectivity index (χ1v) is 12.2. The fourth-order valence-corrected chi connectivity index (χ4v) is 4.30. The molecule has 1 unspecified atom stereocenters. The fourth-order valence-electron chi connectivity index (χ4n) is 3.54. The molecule has 0 spiro atoms. The highest BCUT2D eigenvalue weighted by Crippen LogP contribution is 2.25. The van der Waals surface area contributed by atoms with E-state index in [1.54, 1.807) is 40.9 Å². The van der Waals surface area contributed by atoms with Crippen LogP contribution in [0.1, 0.15) is 33.6 Å². The maximum absolute atomic E-state index is 12.5. The molecule has 0 radical (unpaired) electrons. The molecule has 3 aromatic heterocycles. The molecule has 4 heterocycles. The van der Waals surface area contributed by atoms with Gasteiger partial charge in [0.2, 0.25) is 5.88 Å². The second kappa shape index (κ2) is 10.7. The molecule has 2 N–H and O–H groups in total. The summed E-state index contributed by atoms with van der Waals surface area (Å²) in [7, 11) is 0. The third-order valence-corrected chi connectivity index (χ3v) is 5.96. The molecule has 35 heavy (non-hydrogen) atoms. The topological polar surface area (TPSA) is 119 Å². The SMILES string of the molecule is CC(C)(C)OC(=O)N1CCCC1COc1cccc(NC(=O)Nc2csc(-c3ccncc3)n2)n1. The van der Waals surface area contributed by atoms with Gasteiger partial charge < -0.3 is 14.4 Å². The lowest BCUT2D eigenvalue weighted by Crippen LogP contribution is -2.42. The smallest absolute Gasteiger partial charge is 0.410 e. The summed E-state index contributed by atoms with van der Waals surface area (Å²) in [5.74, 6) is 1.13. The predicted molar refractivity (Wildman–Crippen MR) is 134 cm³/mol. The number of carbonyl (C=O) groups excluding carboxylic acids is 2. The molecule has 1 aliphatic rings. The lowest BCUT2D eigenvalue weighted by Gasteiger charge is -2.28. The molecule has 10 nitrogen and oxygen atoms in total. The van der Waals surface area contributed by atoms with Crippen LogP contribution in [0.15, 0.2) is 48.1 Å². The summed E-state index contributed by atoms with van der Waals surface area (Å²) in [4.78, 5) is 39.4. The molecule has 184 valence electrons. The van der Waals surface area contributed by atoms with Gasteiger partial charge in [-0.2, -0.15) is 4.98 Å². The monoisotopic (exact) mass is 496 g/mol. The van der Waals surface area contributed by atoms with Crippen molar-refractivity contribution in [1.29, 1.82) is 0 Å². The number of rotatable bonds is 6. The van der Waals surface area contributed by atoms with Crippen molar-refractivity contribution in [3.63, 3.8) is 0 Å². The number of carbonyl (C=O) groups is 2. The summed E-state index contributed by atoms with van der Waals surface area (Å²) in [5, 5.41) is 7.94. The van der Waals surface area contributed by atoms with Gasteiger partial charge in [-0.1, -0.05) is 6.07 Å². The molecule has 1 atom stereocenters. The number of thiazole rings is 1. The Kier molecular flexibility index (Phi) is 7.45. The van der Waals surface area contributed by atoms with Crippen LogP contribution in [0.5, 0.6) is 5.88 Å². The minimum atomic E-state index is -0.549. The molecule has 1 aliphatic heterocycles. The van der Waals surface area contributed by atoms with Crippen LogP contribution in [0.4, 0.5) is 21.2 Å². The third-order valence-electron chi connectivity index (χ3n) is 5.07. The zero-order valence-corrected chi connectivity index (χ0v) is 20.7. The second-order valence-corrected chi connectivity index (χ2v) is 9.85. The number of hydrogen-bond acceptors (Lipinski definition) is 8. The Morgan fingerprint density at radius 3 is 2.66 bits per heavy atom. The maximum atomic E-state index is 12.5. The van der Waals surface area contributed by atoms with Crippen molar-refractivity contribution >= 4 is 35.1 Å². The van der Waals surface area contributed by atoms with Crippen molar-refractivity contribution < 1.29 is 19.1 Å². The number of nitrogens with zero attached hydrogens (tertiary/aromatic N) is 4. The highest BCUT2D eigenvalue weighted by Gasteiger charge is 2.32. The van der Waals surface area contributed by atoms with E-state index in [-0.39, 0.29) is 12.1 Å². The van der Waals surface area contributed by atoms with Gasteiger partial charge in [0.25, 0.3) is 0 Å². The fraction of sp³-hybridized carbons (Fsp3) is 0.375. The van der Waals surface area contributed by atoms with Crippen LogP contribution in [0.2, 0.25) is 0 Å². The molecule has 0 aliphatic carbocycles. The maximum Gasteiger partial charge on any atom is 0.410 e. The number of amides is 3. The van der Waals surface area contributed by atoms with Crippen LogP contribution in [-0.4, -0.2) is 56.8 Å². The molecule has 3 aromatic rings. The number of urea groups is 1. The largest absolute Gasteiger partial charge is 0.475 e. The van der Waals surface area contributed by atoms with Crippen molar-refractivity contribution in [2.24, 2.45) is 0 Å². The van der Waals surface area contributed by atoms with Crippen LogP contribution < -0.4 is 15.4 Å². The normalized spacial score (nSPS) is 15.5. The predicted octanol–water partition coefficient (Wildman–Crippen LogP) is 5.02. The van der Waals surface area contributed by atoms with Gasteiger partial charge in [-0.05, 0) is 51.8 Å². The Labute approximate surface area is 207 Å². The third kappa shape index (κ3) is 6.89. The van der Waals surface area contributed by atoms with E-state index in [9.17, 15) is 9.59 Å². The molecule has 0 aromatic carbocycles.